The molecule has 0 radical (unpaired) electrons. The molecule has 0 unspecified atom stereocenters. The van der Waals surface area contributed by atoms with Gasteiger partial charge in [0.2, 0.25) is 10.3 Å². The molecule has 2 aromatic heterocycles. The molecule has 15 nitrogen and oxygen atoms in total. The van der Waals surface area contributed by atoms with E-state index in [2.05, 4.69) is 78.6 Å². The number of hydrogen-bond acceptors (Lipinski definition) is 14. The van der Waals surface area contributed by atoms with Crippen LogP contribution in [-0.2, 0) is 12.8 Å². The van der Waals surface area contributed by atoms with Crippen LogP contribution in [0.25, 0.3) is 0 Å². The summed E-state index contributed by atoms with van der Waals surface area (Å²) < 4.78 is 0.885. The molecular formula is C30H34ClN11O4S2. The summed E-state index contributed by atoms with van der Waals surface area (Å²) >= 11 is 1.80. The lowest BCUT2D eigenvalue weighted by atomic mass is 10.0. The summed E-state index contributed by atoms with van der Waals surface area (Å²) in [5.41, 5.74) is 6.35. The zero-order valence-electron chi connectivity index (χ0n) is 26.4. The van der Waals surface area contributed by atoms with Crippen molar-refractivity contribution < 1.29 is 26.7 Å². The van der Waals surface area contributed by atoms with Crippen molar-refractivity contribution in [1.82, 2.24) is 9.97 Å². The van der Waals surface area contributed by atoms with E-state index in [1.807, 2.05) is 12.1 Å². The van der Waals surface area contributed by atoms with Crippen LogP contribution in [0.2, 0.25) is 0 Å². The molecule has 0 amide bonds. The lowest BCUT2D eigenvalue weighted by molar-refractivity contribution is -0.887. The Bertz CT molecular complexity index is 1710. The van der Waals surface area contributed by atoms with Gasteiger partial charge in [0.1, 0.15) is 12.4 Å². The van der Waals surface area contributed by atoms with Crippen LogP contribution < -0.4 is 22.2 Å². The van der Waals surface area contributed by atoms with Gasteiger partial charge >= 0.3 is 10.0 Å². The Hall–Kier alpha value is -4.45. The number of nitro groups is 2. The topological polar surface area (TPSA) is 168 Å². The van der Waals surface area contributed by atoms with Gasteiger partial charge in [0.05, 0.1) is 61.5 Å². The lowest BCUT2D eigenvalue weighted by Crippen LogP contribution is -3.00. The number of benzene rings is 2. The first-order valence-electron chi connectivity index (χ1n) is 15.3. The van der Waals surface area contributed by atoms with Gasteiger partial charge in [-0.3, -0.25) is 20.2 Å². The van der Waals surface area contributed by atoms with Crippen molar-refractivity contribution in [3.05, 3.63) is 80.1 Å². The standard InChI is InChI=1S/C30H34N11O4S2.ClH/c1-41(2,15-13-37-11-3-5-21-17-23(7-9-25(21)37)33-35-29-31-19-27(46-29)39(42)43)16-14-38-12-4-6-22-18-24(8-10-26(22)38)34-36-30-32-20-28(47-30)40(44)45;/h7-10,17-20H,3-6,11-16H2,1-2H3;1H/q+1;/p-1. The average Bonchev–Trinajstić information content (AvgIpc) is 3.75. The number of hydrogen-bond donors (Lipinski definition) is 0. The van der Waals surface area contributed by atoms with Gasteiger partial charge in [-0.25, -0.2) is 9.97 Å². The van der Waals surface area contributed by atoms with E-state index in [-0.39, 0.29) is 32.7 Å². The molecule has 4 heterocycles. The van der Waals surface area contributed by atoms with E-state index in [1.165, 1.54) is 34.9 Å². The molecule has 0 N–H and O–H groups in total. The zero-order chi connectivity index (χ0) is 33.0. The lowest BCUT2D eigenvalue weighted by Gasteiger charge is -2.38. The monoisotopic (exact) mass is 711 g/mol. The first kappa shape index (κ1) is 34.9. The van der Waals surface area contributed by atoms with E-state index in [4.69, 9.17) is 0 Å². The fraction of sp³-hybridized carbons (Fsp3) is 0.400. The molecule has 6 rings (SSSR count). The van der Waals surface area contributed by atoms with Crippen LogP contribution in [0.5, 0.6) is 0 Å². The van der Waals surface area contributed by atoms with Crippen LogP contribution >= 0.6 is 22.7 Å². The van der Waals surface area contributed by atoms with Crippen LogP contribution in [0.15, 0.2) is 69.2 Å². The maximum atomic E-state index is 10.9. The highest BCUT2D eigenvalue weighted by atomic mass is 35.5. The van der Waals surface area contributed by atoms with Crippen molar-refractivity contribution in [3.63, 3.8) is 0 Å². The molecule has 2 aromatic carbocycles. The smallest absolute Gasteiger partial charge is 0.345 e. The number of nitrogens with zero attached hydrogens (tertiary/aromatic N) is 11. The Morgan fingerprint density at radius 2 is 1.19 bits per heavy atom. The number of rotatable bonds is 12. The molecular weight excluding hydrogens is 678 g/mol. The molecule has 48 heavy (non-hydrogen) atoms. The van der Waals surface area contributed by atoms with Gasteiger partial charge in [-0.15, -0.1) is 20.5 Å². The molecule has 0 atom stereocenters. The molecule has 2 aliphatic rings. The van der Waals surface area contributed by atoms with Gasteiger partial charge < -0.3 is 26.7 Å². The third-order valence-corrected chi connectivity index (χ3v) is 10.00. The van der Waals surface area contributed by atoms with Gasteiger partial charge in [0, 0.05) is 24.5 Å². The highest BCUT2D eigenvalue weighted by Gasteiger charge is 2.24. The van der Waals surface area contributed by atoms with Crippen LogP contribution in [0.1, 0.15) is 24.0 Å². The second-order valence-corrected chi connectivity index (χ2v) is 14.0. The predicted octanol–water partition coefficient (Wildman–Crippen LogP) is 4.53. The minimum atomic E-state index is -0.478. The summed E-state index contributed by atoms with van der Waals surface area (Å²) in [5.74, 6) is 0. The number of anilines is 2. The Morgan fingerprint density at radius 3 is 1.58 bits per heavy atom. The Labute approximate surface area is 291 Å². The molecule has 0 aliphatic carbocycles. The molecule has 0 spiro atoms. The third-order valence-electron chi connectivity index (χ3n) is 8.33. The van der Waals surface area contributed by atoms with Crippen LogP contribution in [0.3, 0.4) is 0 Å². The van der Waals surface area contributed by atoms with E-state index in [9.17, 15) is 20.2 Å². The number of quaternary nitrogens is 1. The van der Waals surface area contributed by atoms with Gasteiger partial charge in [-0.1, -0.05) is 0 Å². The molecule has 0 fully saturated rings. The van der Waals surface area contributed by atoms with Crippen molar-refractivity contribution in [1.29, 1.82) is 0 Å². The molecule has 0 bridgehead atoms. The number of azo groups is 2. The SMILES string of the molecule is C[N+](C)(CCN1CCCc2cc(N=Nc3ncc([N+](=O)[O-])s3)ccc21)CCN1CCCc2cc(N=Nc3ncc([N+](=O)[O-])s3)ccc21.[Cl-]. The average molecular weight is 712 g/mol. The minimum Gasteiger partial charge on any atom is -1.00 e. The second kappa shape index (κ2) is 15.2. The Morgan fingerprint density at radius 1 is 0.750 bits per heavy atom. The van der Waals surface area contributed by atoms with Gasteiger partial charge in [0.25, 0.3) is 0 Å². The summed E-state index contributed by atoms with van der Waals surface area (Å²) in [6.45, 7) is 5.90. The Balaban J connectivity index is 0.00000451. The van der Waals surface area contributed by atoms with Crippen molar-refractivity contribution in [2.24, 2.45) is 20.5 Å². The number of likely N-dealkylation sites (N-methyl/N-ethyl adjacent to an activating group) is 1. The number of fused-ring (bicyclic) bond motifs is 2. The summed E-state index contributed by atoms with van der Waals surface area (Å²) in [4.78, 5) is 33.7. The van der Waals surface area contributed by atoms with Crippen molar-refractivity contribution in [2.45, 2.75) is 25.7 Å². The maximum absolute atomic E-state index is 10.9. The fourth-order valence-electron chi connectivity index (χ4n) is 5.78. The fourth-order valence-corrected chi connectivity index (χ4v) is 6.89. The predicted molar refractivity (Wildman–Crippen MR) is 182 cm³/mol. The maximum Gasteiger partial charge on any atom is 0.345 e. The van der Waals surface area contributed by atoms with Crippen LogP contribution in [0.4, 0.5) is 43.0 Å². The number of thiazole rings is 2. The van der Waals surface area contributed by atoms with Crippen molar-refractivity contribution in [3.8, 4) is 0 Å². The molecule has 0 saturated heterocycles. The van der Waals surface area contributed by atoms with Crippen molar-refractivity contribution >= 4 is 65.7 Å². The van der Waals surface area contributed by atoms with Crippen LogP contribution in [0, 0.1) is 20.2 Å². The minimum absolute atomic E-state index is 0. The van der Waals surface area contributed by atoms with E-state index in [0.717, 1.165) is 92.1 Å². The molecule has 252 valence electrons. The number of aromatic nitrogens is 2. The second-order valence-electron chi connectivity index (χ2n) is 12.1. The summed E-state index contributed by atoms with van der Waals surface area (Å²) in [7, 11) is 4.57. The van der Waals surface area contributed by atoms with Gasteiger partial charge in [-0.05, 0) is 95.9 Å². The molecule has 0 saturated carbocycles. The van der Waals surface area contributed by atoms with Crippen LogP contribution in [-0.4, -0.2) is 77.7 Å². The number of halogens is 1. The Kier molecular flexibility index (Phi) is 11.0. The van der Waals surface area contributed by atoms with Gasteiger partial charge in [0.15, 0.2) is 0 Å². The van der Waals surface area contributed by atoms with Crippen molar-refractivity contribution in [2.75, 3.05) is 63.2 Å². The number of aryl methyl sites for hydroxylation is 2. The molecule has 18 heteroatoms. The quantitative estimate of drug-likeness (QED) is 0.0894. The first-order chi connectivity index (χ1) is 22.6. The summed E-state index contributed by atoms with van der Waals surface area (Å²) in [6, 6.07) is 12.2. The van der Waals surface area contributed by atoms with E-state index >= 15 is 0 Å². The zero-order valence-corrected chi connectivity index (χ0v) is 28.8. The highest BCUT2D eigenvalue weighted by molar-refractivity contribution is 7.18. The molecule has 4 aromatic rings. The summed E-state index contributed by atoms with van der Waals surface area (Å²) in [5, 5.41) is 39.0. The van der Waals surface area contributed by atoms with Gasteiger partial charge in [-0.2, -0.15) is 0 Å². The largest absolute Gasteiger partial charge is 1.00 e. The normalized spacial score (nSPS) is 14.6. The third kappa shape index (κ3) is 8.52. The first-order valence-corrected chi connectivity index (χ1v) is 16.9. The van der Waals surface area contributed by atoms with E-state index in [1.54, 1.807) is 0 Å². The molecule has 2 aliphatic heterocycles. The highest BCUT2D eigenvalue weighted by Crippen LogP contribution is 2.35. The van der Waals surface area contributed by atoms with E-state index in [0.29, 0.717) is 11.4 Å². The van der Waals surface area contributed by atoms with E-state index < -0.39 is 9.85 Å². The summed E-state index contributed by atoms with van der Waals surface area (Å²) in [6.07, 6.45) is 6.48.